The number of hydrogen-bond acceptors (Lipinski definition) is 4. The van der Waals surface area contributed by atoms with E-state index < -0.39 is 0 Å². The van der Waals surface area contributed by atoms with Gasteiger partial charge in [-0.15, -0.1) is 10.2 Å². The van der Waals surface area contributed by atoms with Crippen molar-refractivity contribution in [2.45, 2.75) is 70.6 Å². The number of nitrogens with zero attached hydrogens (tertiary/aromatic N) is 3. The Morgan fingerprint density at radius 1 is 1.43 bits per heavy atom. The maximum absolute atomic E-state index is 6.02. The van der Waals surface area contributed by atoms with Gasteiger partial charge in [0.15, 0.2) is 0 Å². The maximum Gasteiger partial charge on any atom is 0.149 e. The highest BCUT2D eigenvalue weighted by molar-refractivity contribution is 5.10. The van der Waals surface area contributed by atoms with Gasteiger partial charge in [0.2, 0.25) is 0 Å². The van der Waals surface area contributed by atoms with Gasteiger partial charge in [-0.2, -0.15) is 0 Å². The van der Waals surface area contributed by atoms with Crippen molar-refractivity contribution >= 4 is 0 Å². The second kappa shape index (κ2) is 6.05. The summed E-state index contributed by atoms with van der Waals surface area (Å²) >= 11 is 0. The van der Waals surface area contributed by atoms with Crippen molar-refractivity contribution in [3.8, 4) is 0 Å². The van der Waals surface area contributed by atoms with Crippen molar-refractivity contribution in [2.75, 3.05) is 6.61 Å². The fraction of sp³-hybridized carbons (Fsp3) is 0.875. The van der Waals surface area contributed by atoms with E-state index in [4.69, 9.17) is 4.74 Å². The summed E-state index contributed by atoms with van der Waals surface area (Å²) < 4.78 is 8.03. The number of hydrogen-bond donors (Lipinski definition) is 1. The fourth-order valence-corrected chi connectivity index (χ4v) is 4.36. The zero-order valence-electron chi connectivity index (χ0n) is 13.5. The maximum atomic E-state index is 6.02. The summed E-state index contributed by atoms with van der Waals surface area (Å²) in [5.41, 5.74) is 0.362. The third-order valence-corrected chi connectivity index (χ3v) is 5.52. The van der Waals surface area contributed by atoms with Crippen molar-refractivity contribution in [1.29, 1.82) is 0 Å². The molecule has 2 saturated carbocycles. The minimum atomic E-state index is 0.240. The van der Waals surface area contributed by atoms with Crippen LogP contribution in [-0.4, -0.2) is 33.5 Å². The molecule has 3 rings (SSSR count). The van der Waals surface area contributed by atoms with Crippen LogP contribution in [0.3, 0.4) is 0 Å². The summed E-state index contributed by atoms with van der Waals surface area (Å²) in [6.07, 6.45) is 10.0. The summed E-state index contributed by atoms with van der Waals surface area (Å²) in [7, 11) is 2.01. The normalized spacial score (nSPS) is 29.3. The van der Waals surface area contributed by atoms with Gasteiger partial charge < -0.3 is 14.6 Å². The molecule has 5 nitrogen and oxygen atoms in total. The van der Waals surface area contributed by atoms with Crippen LogP contribution < -0.4 is 5.32 Å². The van der Waals surface area contributed by atoms with Crippen LogP contribution in [0.15, 0.2) is 6.33 Å². The van der Waals surface area contributed by atoms with Crippen LogP contribution in [-0.2, 0) is 11.8 Å². The summed E-state index contributed by atoms with van der Waals surface area (Å²) in [6.45, 7) is 5.13. The van der Waals surface area contributed by atoms with Crippen molar-refractivity contribution in [3.05, 3.63) is 12.2 Å². The molecular formula is C16H28N4O. The molecule has 21 heavy (non-hydrogen) atoms. The van der Waals surface area contributed by atoms with E-state index in [9.17, 15) is 0 Å². The lowest BCUT2D eigenvalue weighted by atomic mass is 9.55. The number of aryl methyl sites for hydroxylation is 1. The highest BCUT2D eigenvalue weighted by atomic mass is 16.5. The van der Waals surface area contributed by atoms with E-state index in [1.807, 2.05) is 11.6 Å². The van der Waals surface area contributed by atoms with Gasteiger partial charge in [0.1, 0.15) is 12.2 Å². The average Bonchev–Trinajstić information content (AvgIpc) is 2.93. The van der Waals surface area contributed by atoms with E-state index in [-0.39, 0.29) is 6.04 Å². The first-order chi connectivity index (χ1) is 10.2. The Balaban J connectivity index is 1.69. The zero-order chi connectivity index (χ0) is 14.9. The molecule has 0 aromatic carbocycles. The molecule has 2 fully saturated rings. The van der Waals surface area contributed by atoms with Crippen LogP contribution in [0.1, 0.15) is 64.2 Å². The monoisotopic (exact) mass is 292 g/mol. The molecule has 118 valence electrons. The van der Waals surface area contributed by atoms with Gasteiger partial charge in [0.25, 0.3) is 0 Å². The number of rotatable bonds is 5. The smallest absolute Gasteiger partial charge is 0.149 e. The molecule has 1 aromatic rings. The van der Waals surface area contributed by atoms with Crippen molar-refractivity contribution < 1.29 is 4.74 Å². The molecule has 5 heteroatoms. The average molecular weight is 292 g/mol. The van der Waals surface area contributed by atoms with Crippen molar-refractivity contribution in [3.63, 3.8) is 0 Å². The van der Waals surface area contributed by atoms with Crippen LogP contribution in [0, 0.1) is 5.41 Å². The molecular weight excluding hydrogens is 264 g/mol. The Morgan fingerprint density at radius 2 is 2.19 bits per heavy atom. The molecule has 1 aromatic heterocycles. The molecule has 0 aliphatic heterocycles. The molecule has 2 aliphatic rings. The highest BCUT2D eigenvalue weighted by Gasteiger charge is 2.55. The quantitative estimate of drug-likeness (QED) is 0.906. The number of ether oxygens (including phenoxy) is 1. The van der Waals surface area contributed by atoms with Gasteiger partial charge in [-0.1, -0.05) is 19.3 Å². The molecule has 1 heterocycles. The summed E-state index contributed by atoms with van der Waals surface area (Å²) in [4.78, 5) is 0. The highest BCUT2D eigenvalue weighted by Crippen LogP contribution is 2.53. The van der Waals surface area contributed by atoms with E-state index in [1.165, 1.54) is 32.1 Å². The van der Waals surface area contributed by atoms with E-state index >= 15 is 0 Å². The SMILES string of the molecule is CCOC1CC(NC(C)c2nncn2C)C12CCCCC2. The van der Waals surface area contributed by atoms with Crippen molar-refractivity contribution in [2.24, 2.45) is 12.5 Å². The van der Waals surface area contributed by atoms with Gasteiger partial charge in [-0.3, -0.25) is 0 Å². The van der Waals surface area contributed by atoms with Crippen LogP contribution in [0.5, 0.6) is 0 Å². The van der Waals surface area contributed by atoms with E-state index in [1.54, 1.807) is 6.33 Å². The number of nitrogens with one attached hydrogen (secondary N) is 1. The predicted octanol–water partition coefficient (Wildman–Crippen LogP) is 2.59. The number of aromatic nitrogens is 3. The van der Waals surface area contributed by atoms with E-state index in [0.717, 1.165) is 18.9 Å². The Kier molecular flexibility index (Phi) is 4.31. The minimum absolute atomic E-state index is 0.240. The second-order valence-electron chi connectivity index (χ2n) is 6.71. The van der Waals surface area contributed by atoms with Crippen LogP contribution in [0.25, 0.3) is 0 Å². The Bertz CT molecular complexity index is 467. The molecule has 2 aliphatic carbocycles. The lowest BCUT2D eigenvalue weighted by molar-refractivity contribution is -0.152. The summed E-state index contributed by atoms with van der Waals surface area (Å²) in [5.74, 6) is 1.01. The van der Waals surface area contributed by atoms with E-state index in [2.05, 4.69) is 29.4 Å². The van der Waals surface area contributed by atoms with Gasteiger partial charge in [0.05, 0.1) is 12.1 Å². The summed E-state index contributed by atoms with van der Waals surface area (Å²) in [6, 6.07) is 0.796. The molecule has 3 unspecified atom stereocenters. The second-order valence-corrected chi connectivity index (χ2v) is 6.71. The lowest BCUT2D eigenvalue weighted by Crippen LogP contribution is -2.64. The van der Waals surface area contributed by atoms with Gasteiger partial charge >= 0.3 is 0 Å². The Hall–Kier alpha value is -0.940. The molecule has 0 amide bonds. The van der Waals surface area contributed by atoms with Gasteiger partial charge in [-0.25, -0.2) is 0 Å². The topological polar surface area (TPSA) is 52.0 Å². The van der Waals surface area contributed by atoms with Crippen LogP contribution in [0.2, 0.25) is 0 Å². The molecule has 0 saturated heterocycles. The van der Waals surface area contributed by atoms with Gasteiger partial charge in [0, 0.05) is 25.1 Å². The van der Waals surface area contributed by atoms with Crippen molar-refractivity contribution in [1.82, 2.24) is 20.1 Å². The lowest BCUT2D eigenvalue weighted by Gasteiger charge is -2.58. The molecule has 0 bridgehead atoms. The molecule has 3 atom stereocenters. The minimum Gasteiger partial charge on any atom is -0.378 e. The molecule has 0 radical (unpaired) electrons. The Morgan fingerprint density at radius 3 is 2.81 bits per heavy atom. The first kappa shape index (κ1) is 15.0. The zero-order valence-corrected chi connectivity index (χ0v) is 13.5. The molecule has 1 N–H and O–H groups in total. The summed E-state index contributed by atoms with van der Waals surface area (Å²) in [5, 5.41) is 12.0. The van der Waals surface area contributed by atoms with E-state index in [0.29, 0.717) is 17.6 Å². The first-order valence-corrected chi connectivity index (χ1v) is 8.39. The first-order valence-electron chi connectivity index (χ1n) is 8.39. The largest absolute Gasteiger partial charge is 0.378 e. The fourth-order valence-electron chi connectivity index (χ4n) is 4.36. The van der Waals surface area contributed by atoms with Gasteiger partial charge in [-0.05, 0) is 33.1 Å². The molecule has 1 spiro atoms. The third kappa shape index (κ3) is 2.61. The standard InChI is InChI=1S/C16H28N4O/c1-4-21-14-10-13(16(14)8-6-5-7-9-16)18-12(2)15-19-17-11-20(15)3/h11-14,18H,4-10H2,1-3H3. The van der Waals surface area contributed by atoms with Crippen LogP contribution in [0.4, 0.5) is 0 Å². The van der Waals surface area contributed by atoms with Crippen LogP contribution >= 0.6 is 0 Å². The Labute approximate surface area is 127 Å². The third-order valence-electron chi connectivity index (χ3n) is 5.52. The predicted molar refractivity (Wildman–Crippen MR) is 81.9 cm³/mol.